The minimum Gasteiger partial charge on any atom is -0.351 e. The van der Waals surface area contributed by atoms with Gasteiger partial charge in [0.05, 0.1) is 71.7 Å². The number of pyridine rings is 2. The molecule has 0 spiro atoms. The third-order valence-electron chi connectivity index (χ3n) is 13.8. The number of methoxy groups -OCH3 is 2. The maximum atomic E-state index is 15.3. The van der Waals surface area contributed by atoms with E-state index in [2.05, 4.69) is 81.0 Å². The van der Waals surface area contributed by atoms with Gasteiger partial charge < -0.3 is 68.8 Å². The molecule has 72 heavy (non-hydrogen) atoms. The van der Waals surface area contributed by atoms with Gasteiger partial charge >= 0.3 is 50.4 Å². The van der Waals surface area contributed by atoms with Gasteiger partial charge in [-0.2, -0.15) is 0 Å². The topological polar surface area (TPSA) is 231 Å². The molecule has 6 aliphatic rings. The molecule has 2 saturated carbocycles. The van der Waals surface area contributed by atoms with Crippen molar-refractivity contribution in [1.82, 2.24) is 39.7 Å². The van der Waals surface area contributed by atoms with Gasteiger partial charge in [-0.05, 0) is 88.4 Å². The number of nitrogens with one attached hydrogen (secondary N) is 4. The number of H-pyrrole nitrogens is 2. The Kier molecular flexibility index (Phi) is 19.1. The number of carbonyl (C=O) groups excluding carboxylic acids is 2. The largest absolute Gasteiger partial charge is 0.351 e. The SMILES string of the molecule is COc1c(N2CC3CCCNC3C2)c(F)cc2c(=O)c(C(=O)[O-])cn(C3CC3)c12.COc1c(N2CC3CCCNC3C2)c(F)cc2c(=O)c(C(=O)[O-])cn(C3CC3)c12.[Cl][Cu+].[Cl][Cu+].c1c[nH]cn1.c1c[nH]cn1. The Morgan fingerprint density at radius 2 is 1.04 bits per heavy atom. The molecule has 24 heteroatoms. The number of benzene rings is 2. The molecule has 4 atom stereocenters. The van der Waals surface area contributed by atoms with Crippen LogP contribution in [0.2, 0.25) is 0 Å². The van der Waals surface area contributed by atoms with E-state index < -0.39 is 45.6 Å². The number of carbonyl (C=O) groups is 2. The van der Waals surface area contributed by atoms with Gasteiger partial charge in [0, 0.05) is 87.5 Å². The minimum atomic E-state index is -1.55. The summed E-state index contributed by atoms with van der Waals surface area (Å²) in [6.07, 6.45) is 20.7. The number of ether oxygens (including phenoxy) is 2. The Labute approximate surface area is 438 Å². The van der Waals surface area contributed by atoms with E-state index in [-0.39, 0.29) is 22.9 Å². The second-order valence-electron chi connectivity index (χ2n) is 18.1. The van der Waals surface area contributed by atoms with E-state index >= 15 is 8.78 Å². The molecular weight excluding hydrogens is 1080 g/mol. The van der Waals surface area contributed by atoms with Crippen molar-refractivity contribution in [3.8, 4) is 11.5 Å². The molecule has 0 bridgehead atoms. The molecule has 394 valence electrons. The maximum absolute atomic E-state index is 15.3. The number of piperidine rings is 2. The number of hydrogen-bond donors (Lipinski definition) is 4. The van der Waals surface area contributed by atoms with Crippen LogP contribution in [0.15, 0.2) is 71.6 Å². The van der Waals surface area contributed by atoms with E-state index in [1.165, 1.54) is 26.6 Å². The summed E-state index contributed by atoms with van der Waals surface area (Å²) in [5, 5.41) is 30.0. The first-order chi connectivity index (χ1) is 35.0. The van der Waals surface area contributed by atoms with Crippen LogP contribution in [-0.2, 0) is 30.2 Å². The van der Waals surface area contributed by atoms with Crippen molar-refractivity contribution in [1.29, 1.82) is 0 Å². The van der Waals surface area contributed by atoms with E-state index in [0.29, 0.717) is 70.9 Å². The predicted molar refractivity (Wildman–Crippen MR) is 257 cm³/mol. The van der Waals surface area contributed by atoms with E-state index in [9.17, 15) is 29.4 Å². The molecule has 4 unspecified atom stereocenters. The first-order valence-corrected chi connectivity index (χ1v) is 26.0. The van der Waals surface area contributed by atoms with Crippen molar-refractivity contribution in [2.75, 3.05) is 63.3 Å². The number of aromatic carboxylic acids is 2. The Morgan fingerprint density at radius 1 is 0.653 bits per heavy atom. The van der Waals surface area contributed by atoms with Crippen molar-refractivity contribution >= 4 is 65.3 Å². The standard InChI is InChI=1S/2C21H24FN3O4.2C3H4N2.2ClH.2Cu/c2*1-29-20-17-13(19(26)14(21(27)28)9-25(17)12-4-5-12)7-15(22)18(20)24-8-11-3-2-6-23-16(11)10-24;2*1-2-5-3-4-1;;;;/h2*7,9,11-12,16,23H,2-6,8,10H2,1H3,(H,27,28);2*1-3H,(H,4,5);2*1H;;/q;;;;;;2*+2/p-4. The fourth-order valence-electron chi connectivity index (χ4n) is 10.3. The Balaban J connectivity index is 0.000000167. The molecular formula is C48H54Cl2Cu2F2N10O8. The normalized spacial score (nSPS) is 20.6. The third-order valence-corrected chi connectivity index (χ3v) is 13.8. The number of aromatic amines is 2. The van der Waals surface area contributed by atoms with Gasteiger partial charge in [0.25, 0.3) is 0 Å². The molecule has 12 rings (SSSR count). The molecule has 0 amide bonds. The maximum Gasteiger partial charge on any atom is 0.0919 e. The number of nitrogens with zero attached hydrogens (tertiary/aromatic N) is 6. The van der Waals surface area contributed by atoms with Gasteiger partial charge in [-0.15, -0.1) is 0 Å². The summed E-state index contributed by atoms with van der Waals surface area (Å²) in [6.45, 7) is 4.74. The van der Waals surface area contributed by atoms with Gasteiger partial charge in [0.1, 0.15) is 11.4 Å². The molecule has 4 aromatic heterocycles. The smallest absolute Gasteiger partial charge is 0.0919 e. The van der Waals surface area contributed by atoms with Crippen molar-refractivity contribution in [3.63, 3.8) is 0 Å². The zero-order chi connectivity index (χ0) is 51.6. The summed E-state index contributed by atoms with van der Waals surface area (Å²) in [7, 11) is 11.3. The predicted octanol–water partition coefficient (Wildman–Crippen LogP) is 4.27. The van der Waals surface area contributed by atoms with Crippen LogP contribution in [0.5, 0.6) is 11.5 Å². The summed E-state index contributed by atoms with van der Waals surface area (Å²) in [5.74, 6) is -2.73. The summed E-state index contributed by atoms with van der Waals surface area (Å²) < 4.78 is 45.4. The van der Waals surface area contributed by atoms with Crippen LogP contribution in [0.3, 0.4) is 0 Å². The number of halogens is 4. The van der Waals surface area contributed by atoms with Crippen LogP contribution < -0.4 is 51.0 Å². The van der Waals surface area contributed by atoms with Crippen LogP contribution in [-0.4, -0.2) is 107 Å². The van der Waals surface area contributed by atoms with Crippen molar-refractivity contribution in [2.45, 2.75) is 75.5 Å². The molecule has 18 nitrogen and oxygen atoms in total. The quantitative estimate of drug-likeness (QED) is 0.156. The summed E-state index contributed by atoms with van der Waals surface area (Å²) in [4.78, 5) is 65.2. The minimum absolute atomic E-state index is 0.0199. The Hall–Kier alpha value is -5.18. The van der Waals surface area contributed by atoms with Crippen molar-refractivity contribution in [3.05, 3.63) is 105 Å². The van der Waals surface area contributed by atoms with E-state index in [4.69, 9.17) is 9.47 Å². The zero-order valence-corrected chi connectivity index (χ0v) is 42.6. The number of rotatable bonds is 8. The van der Waals surface area contributed by atoms with Gasteiger partial charge in [0.2, 0.25) is 0 Å². The fourth-order valence-corrected chi connectivity index (χ4v) is 10.3. The molecule has 0 radical (unpaired) electrons. The average molecular weight is 1140 g/mol. The van der Waals surface area contributed by atoms with E-state index in [0.717, 1.165) is 89.7 Å². The molecule has 4 N–H and O–H groups in total. The zero-order valence-electron chi connectivity index (χ0n) is 39.2. The number of fused-ring (bicyclic) bond motifs is 4. The molecule has 2 aliphatic carbocycles. The van der Waals surface area contributed by atoms with Gasteiger partial charge in [-0.25, -0.2) is 18.7 Å². The number of carboxylic acid groups (broad SMARTS) is 2. The number of imidazole rings is 2. The van der Waals surface area contributed by atoms with Crippen LogP contribution in [0.1, 0.15) is 84.2 Å². The van der Waals surface area contributed by atoms with Crippen molar-refractivity contribution < 1.29 is 68.3 Å². The molecule has 6 fully saturated rings. The van der Waals surface area contributed by atoms with Crippen LogP contribution in [0.4, 0.5) is 20.2 Å². The molecule has 6 aromatic rings. The molecule has 2 aromatic carbocycles. The van der Waals surface area contributed by atoms with Crippen LogP contribution in [0.25, 0.3) is 21.8 Å². The molecule has 4 saturated heterocycles. The van der Waals surface area contributed by atoms with Crippen molar-refractivity contribution in [2.24, 2.45) is 11.8 Å². The molecule has 4 aliphatic heterocycles. The van der Waals surface area contributed by atoms with E-state index in [1.807, 2.05) is 9.80 Å². The number of aromatic nitrogens is 6. The number of hydrogen-bond acceptors (Lipinski definition) is 14. The first-order valence-electron chi connectivity index (χ1n) is 23.4. The number of anilines is 2. The second-order valence-corrected chi connectivity index (χ2v) is 18.1. The summed E-state index contributed by atoms with van der Waals surface area (Å²) >= 11 is 7.32. The van der Waals surface area contributed by atoms with E-state index in [1.54, 1.807) is 46.6 Å². The van der Waals surface area contributed by atoms with Crippen LogP contribution in [0, 0.1) is 23.5 Å². The summed E-state index contributed by atoms with van der Waals surface area (Å²) in [6, 6.07) is 3.11. The van der Waals surface area contributed by atoms with Gasteiger partial charge in [-0.1, -0.05) is 0 Å². The van der Waals surface area contributed by atoms with Gasteiger partial charge in [0.15, 0.2) is 34.0 Å². The first kappa shape index (κ1) is 54.6. The number of carboxylic acids is 2. The third kappa shape index (κ3) is 11.9. The Bertz CT molecular complexity index is 2670. The Morgan fingerprint density at radius 3 is 1.32 bits per heavy atom. The van der Waals surface area contributed by atoms with Crippen LogP contribution >= 0.6 is 20.2 Å². The average Bonchev–Trinajstić information content (AvgIpc) is 4.05. The molecule has 8 heterocycles. The second kappa shape index (κ2) is 25.2. The fraction of sp³-hybridized carbons (Fsp3) is 0.458. The van der Waals surface area contributed by atoms with Gasteiger partial charge in [-0.3, -0.25) is 9.59 Å². The monoisotopic (exact) mass is 1130 g/mol. The summed E-state index contributed by atoms with van der Waals surface area (Å²) in [5.41, 5.74) is -0.745.